The van der Waals surface area contributed by atoms with E-state index in [1.54, 1.807) is 0 Å². The number of hydrogen-bond acceptors (Lipinski definition) is 2. The van der Waals surface area contributed by atoms with Crippen molar-refractivity contribution >= 4 is 0 Å². The molecule has 0 unspecified atom stereocenters. The van der Waals surface area contributed by atoms with E-state index >= 15 is 0 Å². The van der Waals surface area contributed by atoms with E-state index < -0.39 is 0 Å². The van der Waals surface area contributed by atoms with E-state index in [2.05, 4.69) is 34.6 Å². The highest BCUT2D eigenvalue weighted by Crippen LogP contribution is 2.36. The molecule has 0 aliphatic carbocycles. The molecule has 2 atom stereocenters. The lowest BCUT2D eigenvalue weighted by atomic mass is 9.86. The van der Waals surface area contributed by atoms with Gasteiger partial charge in [0.05, 0.1) is 12.7 Å². The second-order valence-electron chi connectivity index (χ2n) is 5.63. The van der Waals surface area contributed by atoms with Gasteiger partial charge >= 0.3 is 0 Å². The van der Waals surface area contributed by atoms with Gasteiger partial charge in [-0.1, -0.05) is 33.6 Å². The molecular formula is C13H26O2. The Bertz CT molecular complexity index is 201. The minimum atomic E-state index is -0.343. The maximum atomic E-state index is 6.01. The third-order valence-electron chi connectivity index (χ3n) is 3.51. The number of ether oxygens (including phenoxy) is 2. The Labute approximate surface area is 94.3 Å². The predicted octanol–water partition coefficient (Wildman–Crippen LogP) is 3.74. The van der Waals surface area contributed by atoms with Crippen LogP contribution in [0.15, 0.2) is 0 Å². The summed E-state index contributed by atoms with van der Waals surface area (Å²) in [5, 5.41) is 0. The molecule has 1 aliphatic rings. The van der Waals surface area contributed by atoms with Gasteiger partial charge < -0.3 is 9.47 Å². The molecule has 1 aliphatic heterocycles. The molecule has 0 N–H and O–H groups in total. The van der Waals surface area contributed by atoms with E-state index in [9.17, 15) is 0 Å². The zero-order chi connectivity index (χ0) is 11.5. The lowest BCUT2D eigenvalue weighted by Gasteiger charge is -2.46. The summed E-state index contributed by atoms with van der Waals surface area (Å²) in [6.45, 7) is 11.6. The fourth-order valence-corrected chi connectivity index (χ4v) is 1.85. The van der Waals surface area contributed by atoms with Crippen molar-refractivity contribution < 1.29 is 9.47 Å². The molecule has 0 saturated carbocycles. The smallest absolute Gasteiger partial charge is 0.165 e. The van der Waals surface area contributed by atoms with E-state index in [0.29, 0.717) is 0 Å². The number of unbranched alkanes of at least 4 members (excludes halogenated alkanes) is 2. The zero-order valence-electron chi connectivity index (χ0n) is 10.9. The second-order valence-corrected chi connectivity index (χ2v) is 5.63. The van der Waals surface area contributed by atoms with E-state index in [4.69, 9.17) is 9.47 Å². The highest BCUT2D eigenvalue weighted by molar-refractivity contribution is 4.83. The Hall–Kier alpha value is -0.0800. The van der Waals surface area contributed by atoms with E-state index in [0.717, 1.165) is 13.0 Å². The molecule has 1 rings (SSSR count). The summed E-state index contributed by atoms with van der Waals surface area (Å²) >= 11 is 0. The van der Waals surface area contributed by atoms with Crippen molar-refractivity contribution in [2.75, 3.05) is 6.61 Å². The SMILES string of the molecule is CCCCC[C@]1(C)OCC(C)(C)[C@@H](C)O1. The van der Waals surface area contributed by atoms with Crippen LogP contribution in [0.5, 0.6) is 0 Å². The van der Waals surface area contributed by atoms with Crippen LogP contribution >= 0.6 is 0 Å². The van der Waals surface area contributed by atoms with Gasteiger partial charge in [-0.2, -0.15) is 0 Å². The van der Waals surface area contributed by atoms with Gasteiger partial charge in [-0.25, -0.2) is 0 Å². The van der Waals surface area contributed by atoms with Crippen LogP contribution in [0.25, 0.3) is 0 Å². The average molecular weight is 214 g/mol. The molecule has 0 aromatic heterocycles. The zero-order valence-corrected chi connectivity index (χ0v) is 10.9. The Balaban J connectivity index is 2.44. The molecule has 0 aromatic carbocycles. The van der Waals surface area contributed by atoms with Gasteiger partial charge in [0.1, 0.15) is 0 Å². The lowest BCUT2D eigenvalue weighted by molar-refractivity contribution is -0.319. The Morgan fingerprint density at radius 2 is 1.87 bits per heavy atom. The first-order valence-corrected chi connectivity index (χ1v) is 6.21. The number of rotatable bonds is 4. The van der Waals surface area contributed by atoms with Gasteiger partial charge in [-0.3, -0.25) is 0 Å². The van der Waals surface area contributed by atoms with Crippen molar-refractivity contribution in [2.24, 2.45) is 5.41 Å². The highest BCUT2D eigenvalue weighted by atomic mass is 16.7. The van der Waals surface area contributed by atoms with Crippen LogP contribution in [-0.2, 0) is 9.47 Å². The molecule has 1 heterocycles. The van der Waals surface area contributed by atoms with E-state index in [1.807, 2.05) is 0 Å². The number of hydrogen-bond donors (Lipinski definition) is 0. The molecule has 1 saturated heterocycles. The molecule has 15 heavy (non-hydrogen) atoms. The summed E-state index contributed by atoms with van der Waals surface area (Å²) in [6, 6.07) is 0. The molecule has 2 nitrogen and oxygen atoms in total. The molecule has 0 spiro atoms. The van der Waals surface area contributed by atoms with Gasteiger partial charge in [-0.05, 0) is 20.3 Å². The molecule has 2 heteroatoms. The quantitative estimate of drug-likeness (QED) is 0.664. The van der Waals surface area contributed by atoms with E-state index in [-0.39, 0.29) is 17.3 Å². The largest absolute Gasteiger partial charge is 0.350 e. The van der Waals surface area contributed by atoms with Gasteiger partial charge in [-0.15, -0.1) is 0 Å². The molecule has 0 amide bonds. The minimum Gasteiger partial charge on any atom is -0.350 e. The van der Waals surface area contributed by atoms with Gasteiger partial charge in [0.2, 0.25) is 0 Å². The minimum absolute atomic E-state index is 0.143. The monoisotopic (exact) mass is 214 g/mol. The topological polar surface area (TPSA) is 18.5 Å². The van der Waals surface area contributed by atoms with Gasteiger partial charge in [0.15, 0.2) is 5.79 Å². The molecule has 90 valence electrons. The van der Waals surface area contributed by atoms with Crippen LogP contribution in [0.4, 0.5) is 0 Å². The third kappa shape index (κ3) is 3.46. The first-order valence-electron chi connectivity index (χ1n) is 6.21. The van der Waals surface area contributed by atoms with Gasteiger partial charge in [0.25, 0.3) is 0 Å². The average Bonchev–Trinajstić information content (AvgIpc) is 2.14. The molecule has 0 aromatic rings. The van der Waals surface area contributed by atoms with Crippen LogP contribution in [0.3, 0.4) is 0 Å². The lowest BCUT2D eigenvalue weighted by Crippen LogP contribution is -2.50. The van der Waals surface area contributed by atoms with Crippen LogP contribution in [-0.4, -0.2) is 18.5 Å². The summed E-state index contributed by atoms with van der Waals surface area (Å²) in [7, 11) is 0. The summed E-state index contributed by atoms with van der Waals surface area (Å²) in [5.41, 5.74) is 0.143. The molecule has 0 bridgehead atoms. The first-order chi connectivity index (χ1) is 6.90. The fourth-order valence-electron chi connectivity index (χ4n) is 1.85. The third-order valence-corrected chi connectivity index (χ3v) is 3.51. The maximum absolute atomic E-state index is 6.01. The molecular weight excluding hydrogens is 188 g/mol. The maximum Gasteiger partial charge on any atom is 0.165 e. The van der Waals surface area contributed by atoms with Crippen molar-refractivity contribution in [1.29, 1.82) is 0 Å². The molecule has 1 fully saturated rings. The summed E-state index contributed by atoms with van der Waals surface area (Å²) in [4.78, 5) is 0. The van der Waals surface area contributed by atoms with Crippen molar-refractivity contribution in [3.63, 3.8) is 0 Å². The first kappa shape index (κ1) is 13.0. The van der Waals surface area contributed by atoms with Crippen molar-refractivity contribution in [3.05, 3.63) is 0 Å². The van der Waals surface area contributed by atoms with E-state index in [1.165, 1.54) is 19.3 Å². The predicted molar refractivity (Wildman–Crippen MR) is 62.8 cm³/mol. The standard InChI is InChI=1S/C13H26O2/c1-6-7-8-9-13(5)14-10-12(3,4)11(2)15-13/h11H,6-10H2,1-5H3/t11-,13-/m1/s1. The Morgan fingerprint density at radius 3 is 2.40 bits per heavy atom. The normalized spacial score (nSPS) is 35.4. The summed E-state index contributed by atoms with van der Waals surface area (Å²) in [5.74, 6) is -0.343. The van der Waals surface area contributed by atoms with Crippen LogP contribution < -0.4 is 0 Å². The molecule has 0 radical (unpaired) electrons. The second kappa shape index (κ2) is 4.84. The van der Waals surface area contributed by atoms with Crippen LogP contribution in [0.2, 0.25) is 0 Å². The van der Waals surface area contributed by atoms with Crippen molar-refractivity contribution in [1.82, 2.24) is 0 Å². The van der Waals surface area contributed by atoms with Crippen LogP contribution in [0.1, 0.15) is 60.3 Å². The van der Waals surface area contributed by atoms with Crippen molar-refractivity contribution in [3.8, 4) is 0 Å². The Kier molecular flexibility index (Phi) is 4.19. The Morgan fingerprint density at radius 1 is 1.20 bits per heavy atom. The fraction of sp³-hybridized carbons (Fsp3) is 1.00. The van der Waals surface area contributed by atoms with Crippen molar-refractivity contribution in [2.45, 2.75) is 72.2 Å². The van der Waals surface area contributed by atoms with Crippen LogP contribution in [0, 0.1) is 5.41 Å². The highest BCUT2D eigenvalue weighted by Gasteiger charge is 2.41. The van der Waals surface area contributed by atoms with Gasteiger partial charge in [0, 0.05) is 11.8 Å². The summed E-state index contributed by atoms with van der Waals surface area (Å²) < 4.78 is 11.9. The summed E-state index contributed by atoms with van der Waals surface area (Å²) in [6.07, 6.45) is 5.00.